The van der Waals surface area contributed by atoms with Gasteiger partial charge in [0.05, 0.1) is 22.0 Å². The summed E-state index contributed by atoms with van der Waals surface area (Å²) in [6, 6.07) is 8.92. The van der Waals surface area contributed by atoms with Gasteiger partial charge in [0.1, 0.15) is 11.9 Å². The van der Waals surface area contributed by atoms with Gasteiger partial charge in [-0.05, 0) is 42.8 Å². The zero-order valence-corrected chi connectivity index (χ0v) is 16.4. The highest BCUT2D eigenvalue weighted by Gasteiger charge is 2.29. The van der Waals surface area contributed by atoms with Crippen LogP contribution in [0.1, 0.15) is 12.5 Å². The number of carbonyl (C=O) groups excluding carboxylic acids is 1. The maximum Gasteiger partial charge on any atom is 0.243 e. The van der Waals surface area contributed by atoms with E-state index in [2.05, 4.69) is 5.32 Å². The Kier molecular flexibility index (Phi) is 6.49. The second kappa shape index (κ2) is 8.24. The van der Waals surface area contributed by atoms with Crippen LogP contribution in [0.25, 0.3) is 0 Å². The summed E-state index contributed by atoms with van der Waals surface area (Å²) in [5.41, 5.74) is 0.915. The molecule has 0 aliphatic heterocycles. The number of carbonyl (C=O) groups is 1. The van der Waals surface area contributed by atoms with E-state index in [1.54, 1.807) is 0 Å². The van der Waals surface area contributed by atoms with Crippen molar-refractivity contribution in [1.82, 2.24) is 5.32 Å². The molecule has 26 heavy (non-hydrogen) atoms. The number of nitrogens with zero attached hydrogens (tertiary/aromatic N) is 1. The number of nitrogens with one attached hydrogen (secondary N) is 1. The van der Waals surface area contributed by atoms with Gasteiger partial charge in [0, 0.05) is 6.54 Å². The summed E-state index contributed by atoms with van der Waals surface area (Å²) >= 11 is 11.8. The molecule has 1 atom stereocenters. The molecule has 0 saturated carbocycles. The lowest BCUT2D eigenvalue weighted by atomic mass is 10.2. The highest BCUT2D eigenvalue weighted by Crippen LogP contribution is 2.29. The summed E-state index contributed by atoms with van der Waals surface area (Å²) in [6.07, 6.45) is 0.999. The van der Waals surface area contributed by atoms with E-state index in [1.165, 1.54) is 49.4 Å². The quantitative estimate of drug-likeness (QED) is 0.778. The molecule has 0 saturated heterocycles. The van der Waals surface area contributed by atoms with E-state index in [0.29, 0.717) is 5.56 Å². The monoisotopic (exact) mass is 418 g/mol. The molecular weight excluding hydrogens is 402 g/mol. The zero-order chi connectivity index (χ0) is 19.5. The highest BCUT2D eigenvalue weighted by atomic mass is 35.5. The fraction of sp³-hybridized carbons (Fsp3) is 0.235. The Bertz CT molecular complexity index is 905. The van der Waals surface area contributed by atoms with Crippen LogP contribution in [0, 0.1) is 5.82 Å². The van der Waals surface area contributed by atoms with E-state index >= 15 is 0 Å². The first kappa shape index (κ1) is 20.5. The van der Waals surface area contributed by atoms with Crippen molar-refractivity contribution < 1.29 is 17.6 Å². The van der Waals surface area contributed by atoms with Crippen molar-refractivity contribution in [3.05, 3.63) is 63.9 Å². The first-order valence-electron chi connectivity index (χ1n) is 7.56. The lowest BCUT2D eigenvalue weighted by Crippen LogP contribution is -2.47. The molecule has 0 spiro atoms. The number of sulfonamides is 1. The summed E-state index contributed by atoms with van der Waals surface area (Å²) in [5.74, 6) is -0.887. The molecule has 5 nitrogen and oxygen atoms in total. The van der Waals surface area contributed by atoms with Gasteiger partial charge < -0.3 is 5.32 Å². The predicted octanol–water partition coefficient (Wildman–Crippen LogP) is 3.60. The van der Waals surface area contributed by atoms with Crippen molar-refractivity contribution in [2.45, 2.75) is 19.5 Å². The number of hydrogen-bond donors (Lipinski definition) is 1. The van der Waals surface area contributed by atoms with Crippen LogP contribution in [0.3, 0.4) is 0 Å². The van der Waals surface area contributed by atoms with Crippen LogP contribution >= 0.6 is 23.2 Å². The van der Waals surface area contributed by atoms with Gasteiger partial charge in [-0.1, -0.05) is 35.3 Å². The Morgan fingerprint density at radius 1 is 1.15 bits per heavy atom. The molecule has 1 N–H and O–H groups in total. The molecule has 2 aromatic rings. The SMILES string of the molecule is CC(C(=O)NCc1ccc(F)cc1)N(c1ccc(Cl)c(Cl)c1)S(C)(=O)=O. The molecule has 1 amide bonds. The molecule has 1 unspecified atom stereocenters. The molecule has 0 aromatic heterocycles. The van der Waals surface area contributed by atoms with E-state index in [0.717, 1.165) is 10.6 Å². The van der Waals surface area contributed by atoms with Gasteiger partial charge in [-0.25, -0.2) is 12.8 Å². The fourth-order valence-corrected chi connectivity index (χ4v) is 3.83. The molecule has 2 rings (SSSR count). The summed E-state index contributed by atoms with van der Waals surface area (Å²) in [5, 5.41) is 3.09. The Balaban J connectivity index is 2.20. The number of anilines is 1. The predicted molar refractivity (Wildman–Crippen MR) is 101 cm³/mol. The van der Waals surface area contributed by atoms with Crippen molar-refractivity contribution in [1.29, 1.82) is 0 Å². The Morgan fingerprint density at radius 2 is 1.77 bits per heavy atom. The largest absolute Gasteiger partial charge is 0.350 e. The molecular formula is C17H17Cl2FN2O3S. The van der Waals surface area contributed by atoms with Crippen molar-refractivity contribution in [3.63, 3.8) is 0 Å². The third kappa shape index (κ3) is 5.09. The molecule has 0 bridgehead atoms. The van der Waals surface area contributed by atoms with Crippen LogP contribution in [-0.4, -0.2) is 26.6 Å². The van der Waals surface area contributed by atoms with E-state index in [1.807, 2.05) is 0 Å². The minimum Gasteiger partial charge on any atom is -0.350 e. The molecule has 0 fully saturated rings. The van der Waals surface area contributed by atoms with Crippen molar-refractivity contribution in [2.24, 2.45) is 0 Å². The van der Waals surface area contributed by atoms with Gasteiger partial charge in [0.15, 0.2) is 0 Å². The summed E-state index contributed by atoms with van der Waals surface area (Å²) < 4.78 is 38.3. The Labute approximate surface area is 161 Å². The van der Waals surface area contributed by atoms with Gasteiger partial charge >= 0.3 is 0 Å². The topological polar surface area (TPSA) is 66.5 Å². The van der Waals surface area contributed by atoms with Crippen LogP contribution in [0.5, 0.6) is 0 Å². The fourth-order valence-electron chi connectivity index (χ4n) is 2.37. The molecule has 0 aliphatic rings. The van der Waals surface area contributed by atoms with Crippen LogP contribution in [0.15, 0.2) is 42.5 Å². The number of rotatable bonds is 6. The van der Waals surface area contributed by atoms with Gasteiger partial charge in [0.25, 0.3) is 0 Å². The van der Waals surface area contributed by atoms with Crippen LogP contribution in [0.4, 0.5) is 10.1 Å². The molecule has 0 aliphatic carbocycles. The van der Waals surface area contributed by atoms with Crippen LogP contribution in [-0.2, 0) is 21.4 Å². The molecule has 9 heteroatoms. The van der Waals surface area contributed by atoms with Crippen molar-refractivity contribution in [3.8, 4) is 0 Å². The number of hydrogen-bond acceptors (Lipinski definition) is 3. The van der Waals surface area contributed by atoms with Crippen LogP contribution < -0.4 is 9.62 Å². The lowest BCUT2D eigenvalue weighted by Gasteiger charge is -2.28. The first-order valence-corrected chi connectivity index (χ1v) is 10.2. The van der Waals surface area contributed by atoms with Gasteiger partial charge in [-0.3, -0.25) is 9.10 Å². The number of halogens is 3. The van der Waals surface area contributed by atoms with Crippen molar-refractivity contribution in [2.75, 3.05) is 10.6 Å². The second-order valence-corrected chi connectivity index (χ2v) is 8.35. The van der Waals surface area contributed by atoms with E-state index in [4.69, 9.17) is 23.2 Å². The molecule has 0 heterocycles. The third-order valence-corrected chi connectivity index (χ3v) is 5.61. The molecule has 140 valence electrons. The Morgan fingerprint density at radius 3 is 2.31 bits per heavy atom. The third-order valence-electron chi connectivity index (χ3n) is 3.63. The smallest absolute Gasteiger partial charge is 0.243 e. The standard InChI is InChI=1S/C17H17Cl2FN2O3S/c1-11(17(23)21-10-12-3-5-13(20)6-4-12)22(26(2,24)25)14-7-8-15(18)16(19)9-14/h3-9,11H,10H2,1-2H3,(H,21,23). The molecule has 0 radical (unpaired) electrons. The maximum absolute atomic E-state index is 12.9. The van der Waals surface area contributed by atoms with Gasteiger partial charge in [0.2, 0.25) is 15.9 Å². The van der Waals surface area contributed by atoms with E-state index in [9.17, 15) is 17.6 Å². The number of amides is 1. The summed E-state index contributed by atoms with van der Waals surface area (Å²) in [6.45, 7) is 1.60. The minimum absolute atomic E-state index is 0.141. The van der Waals surface area contributed by atoms with Gasteiger partial charge in [-0.2, -0.15) is 0 Å². The number of benzene rings is 2. The average molecular weight is 419 g/mol. The summed E-state index contributed by atoms with van der Waals surface area (Å²) in [4.78, 5) is 12.4. The van der Waals surface area contributed by atoms with E-state index < -0.39 is 22.0 Å². The van der Waals surface area contributed by atoms with E-state index in [-0.39, 0.29) is 28.1 Å². The zero-order valence-electron chi connectivity index (χ0n) is 14.0. The summed E-state index contributed by atoms with van der Waals surface area (Å²) in [7, 11) is -3.76. The first-order chi connectivity index (χ1) is 12.1. The minimum atomic E-state index is -3.76. The second-order valence-electron chi connectivity index (χ2n) is 5.68. The van der Waals surface area contributed by atoms with Crippen LogP contribution in [0.2, 0.25) is 10.0 Å². The normalized spacial score (nSPS) is 12.5. The molecule has 2 aromatic carbocycles. The average Bonchev–Trinajstić information content (AvgIpc) is 2.56. The Hall–Kier alpha value is -1.83. The lowest BCUT2D eigenvalue weighted by molar-refractivity contribution is -0.122. The van der Waals surface area contributed by atoms with Crippen molar-refractivity contribution >= 4 is 44.8 Å². The maximum atomic E-state index is 12.9. The van der Waals surface area contributed by atoms with Gasteiger partial charge in [-0.15, -0.1) is 0 Å². The highest BCUT2D eigenvalue weighted by molar-refractivity contribution is 7.92.